The molecule has 2 fully saturated rings. The second kappa shape index (κ2) is 18.2. The van der Waals surface area contributed by atoms with Crippen molar-refractivity contribution < 1.29 is 27.5 Å². The van der Waals surface area contributed by atoms with Gasteiger partial charge in [0, 0.05) is 37.2 Å². The van der Waals surface area contributed by atoms with Crippen LogP contribution in [0, 0.1) is 17.7 Å². The van der Waals surface area contributed by atoms with E-state index in [-0.39, 0.29) is 66.8 Å². The maximum atomic E-state index is 14.3. The van der Waals surface area contributed by atoms with Gasteiger partial charge in [-0.25, -0.2) is 4.39 Å². The van der Waals surface area contributed by atoms with Gasteiger partial charge in [0.25, 0.3) is 0 Å². The number of carboxylic acid groups (broad SMARTS) is 1. The quantitative estimate of drug-likeness (QED) is 0.199. The average Bonchev–Trinajstić information content (AvgIpc) is 3.61. The Kier molecular flexibility index (Phi) is 15.9. The number of alkyl halides is 3. The first-order chi connectivity index (χ1) is 21.8. The summed E-state index contributed by atoms with van der Waals surface area (Å²) in [5.41, 5.74) is 3.17. The minimum absolute atomic E-state index is 0. The number of carboxylic acids is 1. The van der Waals surface area contributed by atoms with Crippen LogP contribution in [0.5, 0.6) is 0 Å². The Morgan fingerprint density at radius 1 is 1.02 bits per heavy atom. The number of likely N-dealkylation sites (tertiary alicyclic amines) is 1. The van der Waals surface area contributed by atoms with Crippen molar-refractivity contribution in [2.45, 2.75) is 89.5 Å². The fourth-order valence-electron chi connectivity index (χ4n) is 7.85. The van der Waals surface area contributed by atoms with Crippen molar-refractivity contribution in [3.63, 3.8) is 0 Å². The van der Waals surface area contributed by atoms with E-state index in [1.165, 1.54) is 23.9 Å². The van der Waals surface area contributed by atoms with E-state index in [0.717, 1.165) is 80.8 Å². The highest BCUT2D eigenvalue weighted by Gasteiger charge is 2.42. The number of aromatic nitrogens is 2. The number of benzene rings is 2. The molecule has 3 aromatic rings. The Balaban J connectivity index is 0.00000278. The SMILES string of the molecule is CCn1nc(Cc2ccc(C(F)(F)F)cc2)cc1C1CCN(CC2CC(N(C)[C@@H](C(=O)O)C(C)C)CC2c2cccc(F)c2)CC1.Cl.Cl.Cl. The Bertz CT molecular complexity index is 1480. The van der Waals surface area contributed by atoms with Crippen molar-refractivity contribution in [1.29, 1.82) is 0 Å². The number of hydrogen-bond acceptors (Lipinski definition) is 4. The molecule has 1 saturated carbocycles. The molecule has 4 atom stereocenters. The van der Waals surface area contributed by atoms with Crippen molar-refractivity contribution in [2.24, 2.45) is 11.8 Å². The van der Waals surface area contributed by atoms with Gasteiger partial charge in [-0.1, -0.05) is 38.1 Å². The smallest absolute Gasteiger partial charge is 0.416 e. The highest BCUT2D eigenvalue weighted by atomic mass is 35.5. The van der Waals surface area contributed by atoms with E-state index in [1.807, 2.05) is 36.5 Å². The van der Waals surface area contributed by atoms with Crippen LogP contribution in [0.3, 0.4) is 0 Å². The predicted molar refractivity (Wildman–Crippen MR) is 192 cm³/mol. The third-order valence-electron chi connectivity index (χ3n) is 10.2. The first-order valence-electron chi connectivity index (χ1n) is 16.5. The lowest BCUT2D eigenvalue weighted by molar-refractivity contribution is -0.145. The fraction of sp³-hybridized carbons (Fsp3) is 0.556. The second-order valence-electron chi connectivity index (χ2n) is 13.6. The van der Waals surface area contributed by atoms with Crippen LogP contribution in [0.2, 0.25) is 0 Å². The molecule has 274 valence electrons. The Morgan fingerprint density at radius 2 is 1.67 bits per heavy atom. The number of aryl methyl sites for hydroxylation is 1. The van der Waals surface area contributed by atoms with Crippen molar-refractivity contribution in [1.82, 2.24) is 19.6 Å². The number of aliphatic carboxylic acids is 1. The van der Waals surface area contributed by atoms with Gasteiger partial charge in [-0.2, -0.15) is 18.3 Å². The number of carbonyl (C=O) groups is 1. The molecular formula is C36H49Cl3F4N4O2. The maximum Gasteiger partial charge on any atom is 0.416 e. The summed E-state index contributed by atoms with van der Waals surface area (Å²) in [7, 11) is 1.92. The number of hydrogen-bond donors (Lipinski definition) is 1. The lowest BCUT2D eigenvalue weighted by Crippen LogP contribution is -2.47. The van der Waals surface area contributed by atoms with Crippen molar-refractivity contribution in [3.05, 3.63) is 88.5 Å². The molecule has 1 aromatic heterocycles. The molecule has 1 N–H and O–H groups in total. The normalized spacial score (nSPS) is 20.8. The van der Waals surface area contributed by atoms with Crippen LogP contribution >= 0.6 is 37.2 Å². The Morgan fingerprint density at radius 3 is 2.22 bits per heavy atom. The minimum atomic E-state index is -4.35. The third kappa shape index (κ3) is 10.3. The molecular weight excluding hydrogens is 703 g/mol. The number of rotatable bonds is 11. The molecule has 2 aliphatic rings. The van der Waals surface area contributed by atoms with E-state index in [2.05, 4.69) is 17.9 Å². The summed E-state index contributed by atoms with van der Waals surface area (Å²) >= 11 is 0. The Hall–Kier alpha value is -2.37. The van der Waals surface area contributed by atoms with Gasteiger partial charge in [-0.3, -0.25) is 14.4 Å². The van der Waals surface area contributed by atoms with E-state index in [0.29, 0.717) is 12.3 Å². The van der Waals surface area contributed by atoms with Crippen LogP contribution in [0.1, 0.15) is 86.4 Å². The van der Waals surface area contributed by atoms with Gasteiger partial charge >= 0.3 is 12.1 Å². The fourth-order valence-corrected chi connectivity index (χ4v) is 7.85. The lowest BCUT2D eigenvalue weighted by atomic mass is 9.87. The van der Waals surface area contributed by atoms with E-state index < -0.39 is 23.8 Å². The van der Waals surface area contributed by atoms with Crippen LogP contribution in [0.15, 0.2) is 54.6 Å². The van der Waals surface area contributed by atoms with Crippen LogP contribution in [-0.4, -0.2) is 69.4 Å². The number of piperidine rings is 1. The number of halogens is 7. The summed E-state index contributed by atoms with van der Waals surface area (Å²) in [5.74, 6) is -0.307. The zero-order valence-corrected chi connectivity index (χ0v) is 30.9. The molecule has 2 aromatic carbocycles. The van der Waals surface area contributed by atoms with E-state index in [9.17, 15) is 27.5 Å². The molecule has 1 aliphatic carbocycles. The van der Waals surface area contributed by atoms with Crippen LogP contribution in [0.25, 0.3) is 0 Å². The van der Waals surface area contributed by atoms with Crippen LogP contribution in [-0.2, 0) is 23.9 Å². The second-order valence-corrected chi connectivity index (χ2v) is 13.6. The number of nitrogens with zero attached hydrogens (tertiary/aromatic N) is 4. The molecule has 3 unspecified atom stereocenters. The summed E-state index contributed by atoms with van der Waals surface area (Å²) in [6, 6.07) is 13.8. The molecule has 13 heteroatoms. The minimum Gasteiger partial charge on any atom is -0.480 e. The molecule has 49 heavy (non-hydrogen) atoms. The molecule has 6 nitrogen and oxygen atoms in total. The summed E-state index contributed by atoms with van der Waals surface area (Å²) in [6.45, 7) is 9.39. The largest absolute Gasteiger partial charge is 0.480 e. The van der Waals surface area contributed by atoms with Crippen molar-refractivity contribution in [2.75, 3.05) is 26.7 Å². The van der Waals surface area contributed by atoms with Gasteiger partial charge in [0.05, 0.1) is 11.3 Å². The van der Waals surface area contributed by atoms with Gasteiger partial charge in [-0.15, -0.1) is 37.2 Å². The molecule has 0 bridgehead atoms. The van der Waals surface area contributed by atoms with Crippen LogP contribution in [0.4, 0.5) is 17.6 Å². The van der Waals surface area contributed by atoms with Gasteiger partial charge < -0.3 is 10.0 Å². The zero-order valence-electron chi connectivity index (χ0n) is 28.4. The zero-order chi connectivity index (χ0) is 33.2. The number of likely N-dealkylation sites (N-methyl/N-ethyl adjacent to an activating group) is 1. The summed E-state index contributed by atoms with van der Waals surface area (Å²) in [4.78, 5) is 16.7. The molecule has 2 heterocycles. The van der Waals surface area contributed by atoms with Crippen molar-refractivity contribution >= 4 is 43.2 Å². The van der Waals surface area contributed by atoms with Gasteiger partial charge in [0.2, 0.25) is 0 Å². The summed E-state index contributed by atoms with van der Waals surface area (Å²) in [6.07, 6.45) is -0.257. The maximum absolute atomic E-state index is 14.3. The molecule has 1 saturated heterocycles. The van der Waals surface area contributed by atoms with Crippen LogP contribution < -0.4 is 0 Å². The van der Waals surface area contributed by atoms with Crippen molar-refractivity contribution in [3.8, 4) is 0 Å². The topological polar surface area (TPSA) is 61.6 Å². The van der Waals surface area contributed by atoms with E-state index in [1.54, 1.807) is 12.1 Å². The Labute approximate surface area is 305 Å². The average molecular weight is 752 g/mol. The first kappa shape index (κ1) is 42.8. The molecule has 0 radical (unpaired) electrons. The standard InChI is InChI=1S/C36H46F4N4O2.3ClH/c1-5-44-33(20-30(41-44)17-24-9-11-28(12-10-24)36(38,39)40)25-13-15-43(16-14-25)22-27-19-31(42(4)34(23(2)3)35(45)46)21-32(27)26-7-6-8-29(37)18-26;;;/h6-12,18,20,23,25,27,31-32,34H,5,13-17,19,21-22H2,1-4H3,(H,45,46);3*1H/t27?,31?,32?,34-;;;/m1.../s1. The van der Waals surface area contributed by atoms with Gasteiger partial charge in [-0.05, 0) is 112 Å². The first-order valence-corrected chi connectivity index (χ1v) is 16.5. The molecule has 1 aliphatic heterocycles. The van der Waals surface area contributed by atoms with E-state index in [4.69, 9.17) is 5.10 Å². The highest BCUT2D eigenvalue weighted by Crippen LogP contribution is 2.44. The predicted octanol–water partition coefficient (Wildman–Crippen LogP) is 8.70. The summed E-state index contributed by atoms with van der Waals surface area (Å²) in [5, 5.41) is 14.7. The molecule has 0 spiro atoms. The summed E-state index contributed by atoms with van der Waals surface area (Å²) < 4.78 is 55.3. The van der Waals surface area contributed by atoms with Gasteiger partial charge in [0.1, 0.15) is 11.9 Å². The van der Waals surface area contributed by atoms with Gasteiger partial charge in [0.15, 0.2) is 0 Å². The third-order valence-corrected chi connectivity index (χ3v) is 10.2. The van der Waals surface area contributed by atoms with E-state index >= 15 is 0 Å². The highest BCUT2D eigenvalue weighted by molar-refractivity contribution is 5.86. The lowest BCUT2D eigenvalue weighted by Gasteiger charge is -2.35. The molecule has 0 amide bonds. The molecule has 5 rings (SSSR count). The monoisotopic (exact) mass is 750 g/mol.